The Bertz CT molecular complexity index is 1630. The Morgan fingerprint density at radius 3 is 2.51 bits per heavy atom. The Morgan fingerprint density at radius 1 is 1.14 bits per heavy atom. The maximum Gasteiger partial charge on any atom is 0.248 e. The number of thiazole rings is 1. The number of hydrogen-bond acceptors (Lipinski definition) is 8. The summed E-state index contributed by atoms with van der Waals surface area (Å²) in [7, 11) is -3.02. The zero-order chi connectivity index (χ0) is 30.4. The van der Waals surface area contributed by atoms with Gasteiger partial charge < -0.3 is 10.2 Å². The number of pyridine rings is 1. The van der Waals surface area contributed by atoms with E-state index in [-0.39, 0.29) is 30.3 Å². The number of alkyl halides is 2. The summed E-state index contributed by atoms with van der Waals surface area (Å²) in [5.74, 6) is -4.46. The van der Waals surface area contributed by atoms with Crippen LogP contribution >= 0.6 is 22.9 Å². The van der Waals surface area contributed by atoms with Gasteiger partial charge in [-0.1, -0.05) is 23.7 Å². The fourth-order valence-corrected chi connectivity index (χ4v) is 8.51. The van der Waals surface area contributed by atoms with Crippen LogP contribution in [0.3, 0.4) is 0 Å². The molecule has 8 nitrogen and oxygen atoms in total. The minimum Gasteiger partial charge on any atom is -0.369 e. The second-order valence-electron chi connectivity index (χ2n) is 11.8. The molecule has 1 aliphatic heterocycles. The number of nitrogens with zero attached hydrogens (tertiary/aromatic N) is 4. The topological polar surface area (TPSA) is 105 Å². The summed E-state index contributed by atoms with van der Waals surface area (Å²) in [6, 6.07) is 9.36. The van der Waals surface area contributed by atoms with E-state index >= 15 is 8.78 Å². The van der Waals surface area contributed by atoms with Gasteiger partial charge in [0.15, 0.2) is 9.84 Å². The van der Waals surface area contributed by atoms with E-state index in [0.29, 0.717) is 45.8 Å². The molecule has 6 rings (SSSR count). The molecule has 0 spiro atoms. The predicted octanol–water partition coefficient (Wildman–Crippen LogP) is 5.63. The summed E-state index contributed by atoms with van der Waals surface area (Å²) in [4.78, 5) is 29.4. The highest BCUT2D eigenvalue weighted by Crippen LogP contribution is 2.50. The summed E-state index contributed by atoms with van der Waals surface area (Å²) < 4.78 is 53.8. The van der Waals surface area contributed by atoms with Crippen LogP contribution in [-0.4, -0.2) is 73.6 Å². The van der Waals surface area contributed by atoms with Gasteiger partial charge in [-0.15, -0.1) is 11.3 Å². The Balaban J connectivity index is 1.38. The molecule has 2 atom stereocenters. The van der Waals surface area contributed by atoms with E-state index in [2.05, 4.69) is 22.0 Å². The van der Waals surface area contributed by atoms with E-state index in [1.165, 1.54) is 17.5 Å². The highest BCUT2D eigenvalue weighted by atomic mass is 35.5. The number of aliphatic imine (C=N–C) groups is 1. The average molecular weight is 648 g/mol. The van der Waals surface area contributed by atoms with Crippen molar-refractivity contribution in [3.8, 4) is 21.0 Å². The minimum atomic E-state index is -3.02. The molecule has 0 radical (unpaired) electrons. The van der Waals surface area contributed by atoms with Crippen LogP contribution in [0.5, 0.6) is 0 Å². The summed E-state index contributed by atoms with van der Waals surface area (Å²) >= 11 is 7.57. The van der Waals surface area contributed by atoms with Gasteiger partial charge in [0, 0.05) is 61.4 Å². The number of sulfone groups is 1. The fourth-order valence-electron chi connectivity index (χ4n) is 6.01. The van der Waals surface area contributed by atoms with E-state index < -0.39 is 39.6 Å². The standard InChI is InChI=1S/C30H32ClF2N5O3S2/c1-34-18-29(8-9-29)37-27(39)23-6-7-30(32,33)15-24(23)25-26(42-28(36-25)20-14-21(31)17-35-16-20)19-2-4-22(5-3-19)38-10-12-43(40,41)13-11-38/h2-5,14,16-17,23-24H,1,6-13,15,18H2,(H,37,39)/t23-,24-/m1/s1. The van der Waals surface area contributed by atoms with E-state index in [4.69, 9.17) is 16.6 Å². The van der Waals surface area contributed by atoms with Gasteiger partial charge in [0.05, 0.1) is 39.2 Å². The van der Waals surface area contributed by atoms with Crippen LogP contribution in [0.15, 0.2) is 47.7 Å². The first-order valence-corrected chi connectivity index (χ1v) is 17.3. The van der Waals surface area contributed by atoms with Gasteiger partial charge in [-0.05, 0) is 49.7 Å². The van der Waals surface area contributed by atoms with Crippen molar-refractivity contribution in [2.75, 3.05) is 36.0 Å². The van der Waals surface area contributed by atoms with Crippen molar-refractivity contribution in [2.45, 2.75) is 49.5 Å². The quantitative estimate of drug-likeness (QED) is 0.318. The fraction of sp³-hybridized carbons (Fsp3) is 0.467. The van der Waals surface area contributed by atoms with Gasteiger partial charge in [0.2, 0.25) is 11.8 Å². The second-order valence-corrected chi connectivity index (χ2v) is 15.5. The van der Waals surface area contributed by atoms with Crippen LogP contribution in [0.2, 0.25) is 5.02 Å². The van der Waals surface area contributed by atoms with Gasteiger partial charge in [-0.2, -0.15) is 0 Å². The molecule has 2 aromatic heterocycles. The summed E-state index contributed by atoms with van der Waals surface area (Å²) in [5, 5.41) is 4.11. The molecule has 13 heteroatoms. The third kappa shape index (κ3) is 6.61. The minimum absolute atomic E-state index is 0.0446. The molecule has 1 saturated heterocycles. The first-order valence-electron chi connectivity index (χ1n) is 14.3. The molecule has 2 aliphatic carbocycles. The number of aromatic nitrogens is 2. The van der Waals surface area contributed by atoms with E-state index in [0.717, 1.165) is 24.1 Å². The number of hydrogen-bond donors (Lipinski definition) is 1. The van der Waals surface area contributed by atoms with Crippen molar-refractivity contribution in [2.24, 2.45) is 10.9 Å². The van der Waals surface area contributed by atoms with Crippen LogP contribution in [0, 0.1) is 5.92 Å². The molecule has 0 unspecified atom stereocenters. The zero-order valence-electron chi connectivity index (χ0n) is 23.4. The molecule has 1 amide bonds. The SMILES string of the molecule is C=NCC1(NC(=O)[C@@H]2CCC(F)(F)C[C@H]2c2nc(-c3cncc(Cl)c3)sc2-c2ccc(N3CCS(=O)(=O)CC3)cc2)CC1. The zero-order valence-corrected chi connectivity index (χ0v) is 25.8. The number of carbonyl (C=O) groups is 1. The van der Waals surface area contributed by atoms with E-state index in [1.807, 2.05) is 29.2 Å². The summed E-state index contributed by atoms with van der Waals surface area (Å²) in [6.45, 7) is 4.78. The smallest absolute Gasteiger partial charge is 0.248 e. The number of rotatable bonds is 8. The van der Waals surface area contributed by atoms with Crippen molar-refractivity contribution in [3.63, 3.8) is 0 Å². The van der Waals surface area contributed by atoms with E-state index in [1.54, 1.807) is 12.3 Å². The largest absolute Gasteiger partial charge is 0.369 e. The maximum absolute atomic E-state index is 15.0. The average Bonchev–Trinajstić information content (AvgIpc) is 3.56. The Morgan fingerprint density at radius 2 is 1.86 bits per heavy atom. The molecular weight excluding hydrogens is 616 g/mol. The third-order valence-electron chi connectivity index (χ3n) is 8.61. The van der Waals surface area contributed by atoms with Crippen LogP contribution in [0.4, 0.5) is 14.5 Å². The van der Waals surface area contributed by atoms with Gasteiger partial charge in [0.25, 0.3) is 0 Å². The van der Waals surface area contributed by atoms with E-state index in [9.17, 15) is 13.2 Å². The number of carbonyl (C=O) groups excluding carboxylic acids is 1. The Hall–Kier alpha value is -2.96. The molecule has 43 heavy (non-hydrogen) atoms. The van der Waals surface area contributed by atoms with Crippen molar-refractivity contribution < 1.29 is 22.0 Å². The molecular formula is C30H32ClF2N5O3S2. The maximum atomic E-state index is 15.0. The van der Waals surface area contributed by atoms with Crippen molar-refractivity contribution in [1.82, 2.24) is 15.3 Å². The highest BCUT2D eigenvalue weighted by Gasteiger charge is 2.50. The van der Waals surface area contributed by atoms with Crippen LogP contribution in [0.25, 0.3) is 21.0 Å². The second kappa shape index (κ2) is 11.5. The lowest BCUT2D eigenvalue weighted by molar-refractivity contribution is -0.131. The van der Waals surface area contributed by atoms with Gasteiger partial charge in [-0.3, -0.25) is 14.8 Å². The lowest BCUT2D eigenvalue weighted by atomic mass is 9.74. The summed E-state index contributed by atoms with van der Waals surface area (Å²) in [5.41, 5.74) is 2.35. The number of nitrogens with one attached hydrogen (secondary N) is 1. The van der Waals surface area contributed by atoms with Gasteiger partial charge in [-0.25, -0.2) is 22.2 Å². The molecule has 3 fully saturated rings. The van der Waals surface area contributed by atoms with Crippen molar-refractivity contribution in [1.29, 1.82) is 0 Å². The van der Waals surface area contributed by atoms with Crippen molar-refractivity contribution >= 4 is 51.1 Å². The molecule has 1 N–H and O–H groups in total. The predicted molar refractivity (Wildman–Crippen MR) is 166 cm³/mol. The molecule has 228 valence electrons. The van der Waals surface area contributed by atoms with Crippen molar-refractivity contribution in [3.05, 3.63) is 53.4 Å². The Kier molecular flexibility index (Phi) is 8.06. The molecule has 3 heterocycles. The molecule has 3 aliphatic rings. The van der Waals surface area contributed by atoms with Crippen LogP contribution in [0.1, 0.15) is 43.7 Å². The lowest BCUT2D eigenvalue weighted by Crippen LogP contribution is -2.46. The number of amides is 1. The molecule has 0 bridgehead atoms. The monoisotopic (exact) mass is 647 g/mol. The van der Waals surface area contributed by atoms with Gasteiger partial charge >= 0.3 is 0 Å². The van der Waals surface area contributed by atoms with Crippen LogP contribution < -0.4 is 10.2 Å². The molecule has 3 aromatic rings. The number of anilines is 1. The first-order chi connectivity index (χ1) is 20.5. The number of halogens is 3. The Labute approximate surface area is 258 Å². The normalized spacial score (nSPS) is 23.8. The third-order valence-corrected chi connectivity index (χ3v) is 11.6. The lowest BCUT2D eigenvalue weighted by Gasteiger charge is -2.35. The van der Waals surface area contributed by atoms with Crippen LogP contribution in [-0.2, 0) is 14.6 Å². The molecule has 2 saturated carbocycles. The number of benzene rings is 1. The molecule has 1 aromatic carbocycles. The van der Waals surface area contributed by atoms with Gasteiger partial charge in [0.1, 0.15) is 5.01 Å². The summed E-state index contributed by atoms with van der Waals surface area (Å²) in [6.07, 6.45) is 3.91. The highest BCUT2D eigenvalue weighted by molar-refractivity contribution is 7.91. The first kappa shape index (κ1) is 30.1.